The second-order valence-electron chi connectivity index (χ2n) is 4.79. The Bertz CT molecular complexity index is 433. The molecule has 0 spiro atoms. The number of piperidine rings is 1. The zero-order chi connectivity index (χ0) is 14.4. The summed E-state index contributed by atoms with van der Waals surface area (Å²) in [5.41, 5.74) is 0.644. The topological polar surface area (TPSA) is 32.3 Å². The first-order valence-corrected chi connectivity index (χ1v) is 7.58. The SMILES string of the molecule is O=C(CN1CCCCC1)Nc1ccc(SC(F)F)cc1. The molecule has 2 rings (SSSR count). The molecule has 1 aromatic rings. The fourth-order valence-corrected chi connectivity index (χ4v) is 2.74. The van der Waals surface area contributed by atoms with Gasteiger partial charge in [0.05, 0.1) is 6.54 Å². The Labute approximate surface area is 121 Å². The Hall–Kier alpha value is -1.14. The van der Waals surface area contributed by atoms with Gasteiger partial charge < -0.3 is 5.32 Å². The van der Waals surface area contributed by atoms with E-state index in [4.69, 9.17) is 0 Å². The summed E-state index contributed by atoms with van der Waals surface area (Å²) in [4.78, 5) is 14.5. The van der Waals surface area contributed by atoms with Crippen molar-refractivity contribution in [3.05, 3.63) is 24.3 Å². The largest absolute Gasteiger partial charge is 0.325 e. The van der Waals surface area contributed by atoms with Gasteiger partial charge in [-0.25, -0.2) is 0 Å². The number of anilines is 1. The van der Waals surface area contributed by atoms with Crippen LogP contribution in [-0.4, -0.2) is 36.2 Å². The van der Waals surface area contributed by atoms with Gasteiger partial charge in [-0.15, -0.1) is 0 Å². The highest BCUT2D eigenvalue weighted by atomic mass is 32.2. The quantitative estimate of drug-likeness (QED) is 0.846. The predicted octanol–water partition coefficient (Wildman–Crippen LogP) is 3.43. The highest BCUT2D eigenvalue weighted by molar-refractivity contribution is 7.99. The number of rotatable bonds is 5. The molecule has 20 heavy (non-hydrogen) atoms. The summed E-state index contributed by atoms with van der Waals surface area (Å²) < 4.78 is 24.4. The first-order valence-electron chi connectivity index (χ1n) is 6.70. The van der Waals surface area contributed by atoms with Crippen LogP contribution in [0.5, 0.6) is 0 Å². The number of hydrogen-bond acceptors (Lipinski definition) is 3. The summed E-state index contributed by atoms with van der Waals surface area (Å²) in [6.45, 7) is 2.34. The minimum atomic E-state index is -2.42. The molecule has 3 nitrogen and oxygen atoms in total. The summed E-state index contributed by atoms with van der Waals surface area (Å²) in [5, 5.41) is 2.79. The van der Waals surface area contributed by atoms with Crippen molar-refractivity contribution < 1.29 is 13.6 Å². The van der Waals surface area contributed by atoms with Crippen molar-refractivity contribution in [3.8, 4) is 0 Å². The molecule has 6 heteroatoms. The van der Waals surface area contributed by atoms with Gasteiger partial charge >= 0.3 is 0 Å². The van der Waals surface area contributed by atoms with Crippen LogP contribution in [0.1, 0.15) is 19.3 Å². The van der Waals surface area contributed by atoms with E-state index in [1.807, 2.05) is 0 Å². The third-order valence-corrected chi connectivity index (χ3v) is 3.90. The zero-order valence-electron chi connectivity index (χ0n) is 11.1. The predicted molar refractivity (Wildman–Crippen MR) is 77.2 cm³/mol. The number of hydrogen-bond donors (Lipinski definition) is 1. The number of alkyl halides is 2. The smallest absolute Gasteiger partial charge is 0.288 e. The second-order valence-corrected chi connectivity index (χ2v) is 5.85. The number of benzene rings is 1. The van der Waals surface area contributed by atoms with Crippen molar-refractivity contribution in [2.24, 2.45) is 0 Å². The molecule has 1 fully saturated rings. The van der Waals surface area contributed by atoms with Gasteiger partial charge in [0, 0.05) is 10.6 Å². The molecule has 1 saturated heterocycles. The van der Waals surface area contributed by atoms with E-state index in [9.17, 15) is 13.6 Å². The summed E-state index contributed by atoms with van der Waals surface area (Å²) in [6, 6.07) is 6.48. The van der Waals surface area contributed by atoms with Crippen molar-refractivity contribution >= 4 is 23.4 Å². The third-order valence-electron chi connectivity index (χ3n) is 3.18. The fraction of sp³-hybridized carbons (Fsp3) is 0.500. The Morgan fingerprint density at radius 1 is 1.20 bits per heavy atom. The van der Waals surface area contributed by atoms with Gasteiger partial charge in [-0.2, -0.15) is 8.78 Å². The minimum Gasteiger partial charge on any atom is -0.325 e. The first-order chi connectivity index (χ1) is 9.63. The molecule has 1 aliphatic rings. The van der Waals surface area contributed by atoms with Crippen molar-refractivity contribution in [1.82, 2.24) is 4.90 Å². The molecule has 1 aromatic carbocycles. The molecule has 0 aromatic heterocycles. The van der Waals surface area contributed by atoms with Crippen LogP contribution >= 0.6 is 11.8 Å². The second kappa shape index (κ2) is 7.59. The Morgan fingerprint density at radius 2 is 1.85 bits per heavy atom. The maximum atomic E-state index is 12.2. The molecule has 1 heterocycles. The average molecular weight is 300 g/mol. The molecular weight excluding hydrogens is 282 g/mol. The number of carbonyl (C=O) groups excluding carboxylic acids is 1. The van der Waals surface area contributed by atoms with Gasteiger partial charge in [0.1, 0.15) is 0 Å². The van der Waals surface area contributed by atoms with Crippen molar-refractivity contribution in [2.45, 2.75) is 29.9 Å². The lowest BCUT2D eigenvalue weighted by molar-refractivity contribution is -0.117. The van der Waals surface area contributed by atoms with Crippen LogP contribution in [0.15, 0.2) is 29.2 Å². The summed E-state index contributed by atoms with van der Waals surface area (Å²) in [5.74, 6) is -2.48. The molecule has 0 radical (unpaired) electrons. The van der Waals surface area contributed by atoms with E-state index in [1.54, 1.807) is 24.3 Å². The molecule has 1 aliphatic heterocycles. The number of carbonyl (C=O) groups is 1. The molecule has 0 atom stereocenters. The lowest BCUT2D eigenvalue weighted by atomic mass is 10.1. The van der Waals surface area contributed by atoms with Crippen LogP contribution in [0.4, 0.5) is 14.5 Å². The first kappa shape index (κ1) is 15.3. The number of nitrogens with zero attached hydrogens (tertiary/aromatic N) is 1. The van der Waals surface area contributed by atoms with Crippen LogP contribution in [0.25, 0.3) is 0 Å². The molecule has 1 N–H and O–H groups in total. The summed E-state index contributed by atoms with van der Waals surface area (Å²) >= 11 is 0.500. The van der Waals surface area contributed by atoms with Crippen LogP contribution in [0.3, 0.4) is 0 Å². The molecule has 0 bridgehead atoms. The van der Waals surface area contributed by atoms with Crippen molar-refractivity contribution in [3.63, 3.8) is 0 Å². The Balaban J connectivity index is 1.81. The lowest BCUT2D eigenvalue weighted by Gasteiger charge is -2.25. The number of nitrogens with one attached hydrogen (secondary N) is 1. The number of thioether (sulfide) groups is 1. The van der Waals surface area contributed by atoms with Gasteiger partial charge in [-0.1, -0.05) is 18.2 Å². The summed E-state index contributed by atoms with van der Waals surface area (Å²) in [6.07, 6.45) is 3.53. The van der Waals surface area contributed by atoms with E-state index >= 15 is 0 Å². The van der Waals surface area contributed by atoms with Crippen LogP contribution in [0.2, 0.25) is 0 Å². The lowest BCUT2D eigenvalue weighted by Crippen LogP contribution is -2.36. The van der Waals surface area contributed by atoms with Crippen LogP contribution in [0, 0.1) is 0 Å². The van der Waals surface area contributed by atoms with Gasteiger partial charge in [0.2, 0.25) is 5.91 Å². The van der Waals surface area contributed by atoms with Crippen LogP contribution < -0.4 is 5.32 Å². The maximum absolute atomic E-state index is 12.2. The van der Waals surface area contributed by atoms with Crippen molar-refractivity contribution in [1.29, 1.82) is 0 Å². The normalized spacial score (nSPS) is 16.4. The van der Waals surface area contributed by atoms with E-state index in [0.29, 0.717) is 28.9 Å². The van der Waals surface area contributed by atoms with Gasteiger partial charge in [0.15, 0.2) is 0 Å². The van der Waals surface area contributed by atoms with Gasteiger partial charge in [-0.05, 0) is 50.2 Å². The molecule has 1 amide bonds. The molecule has 110 valence electrons. The molecule has 0 unspecified atom stereocenters. The monoisotopic (exact) mass is 300 g/mol. The van der Waals surface area contributed by atoms with E-state index in [1.165, 1.54) is 6.42 Å². The number of halogens is 2. The van der Waals surface area contributed by atoms with E-state index in [-0.39, 0.29) is 5.91 Å². The minimum absolute atomic E-state index is 0.0545. The summed E-state index contributed by atoms with van der Waals surface area (Å²) in [7, 11) is 0. The standard InChI is InChI=1S/C14H18F2N2OS/c15-14(16)20-12-6-4-11(5-7-12)17-13(19)10-18-8-2-1-3-9-18/h4-7,14H,1-3,8-10H2,(H,17,19). The highest BCUT2D eigenvalue weighted by Gasteiger charge is 2.13. The van der Waals surface area contributed by atoms with Crippen LogP contribution in [-0.2, 0) is 4.79 Å². The van der Waals surface area contributed by atoms with E-state index in [0.717, 1.165) is 25.9 Å². The number of amides is 1. The molecular formula is C14H18F2N2OS. The van der Waals surface area contributed by atoms with E-state index < -0.39 is 5.76 Å². The molecule has 0 aliphatic carbocycles. The van der Waals surface area contributed by atoms with Gasteiger partial charge in [0.25, 0.3) is 5.76 Å². The zero-order valence-corrected chi connectivity index (χ0v) is 12.0. The highest BCUT2D eigenvalue weighted by Crippen LogP contribution is 2.26. The van der Waals surface area contributed by atoms with E-state index in [2.05, 4.69) is 10.2 Å². The molecule has 0 saturated carbocycles. The maximum Gasteiger partial charge on any atom is 0.288 e. The average Bonchev–Trinajstić information content (AvgIpc) is 2.41. The fourth-order valence-electron chi connectivity index (χ4n) is 2.24. The van der Waals surface area contributed by atoms with Crippen molar-refractivity contribution in [2.75, 3.05) is 25.0 Å². The Morgan fingerprint density at radius 3 is 2.45 bits per heavy atom. The van der Waals surface area contributed by atoms with Gasteiger partial charge in [-0.3, -0.25) is 9.69 Å². The third kappa shape index (κ3) is 5.09. The number of likely N-dealkylation sites (tertiary alicyclic amines) is 1. The Kier molecular flexibility index (Phi) is 5.79.